The molecule has 1 heterocycles. The highest BCUT2D eigenvalue weighted by Crippen LogP contribution is 2.55. The van der Waals surface area contributed by atoms with Crippen molar-refractivity contribution in [1.29, 1.82) is 0 Å². The molecule has 1 aromatic rings. The van der Waals surface area contributed by atoms with Gasteiger partial charge in [-0.2, -0.15) is 4.39 Å². The molecule has 0 saturated heterocycles. The Morgan fingerprint density at radius 1 is 1.40 bits per heavy atom. The Balaban J connectivity index is 2.29. The molecule has 0 bridgehead atoms. The number of methoxy groups -OCH3 is 1. The van der Waals surface area contributed by atoms with Crippen molar-refractivity contribution in [2.45, 2.75) is 32.3 Å². The minimum Gasteiger partial charge on any atom is -0.373 e. The molecule has 0 atom stereocenters. The molecule has 0 N–H and O–H groups in total. The first-order valence-corrected chi connectivity index (χ1v) is 5.15. The number of halogens is 1. The van der Waals surface area contributed by atoms with Crippen LogP contribution >= 0.6 is 0 Å². The van der Waals surface area contributed by atoms with Crippen LogP contribution in [0.1, 0.15) is 32.3 Å². The molecule has 0 aliphatic heterocycles. The van der Waals surface area contributed by atoms with E-state index in [2.05, 4.69) is 18.8 Å². The van der Waals surface area contributed by atoms with Gasteiger partial charge in [-0.25, -0.2) is 4.98 Å². The van der Waals surface area contributed by atoms with Crippen LogP contribution in [0.15, 0.2) is 18.3 Å². The van der Waals surface area contributed by atoms with Crippen molar-refractivity contribution in [3.63, 3.8) is 0 Å². The average Bonchev–Trinajstić information content (AvgIpc) is 2.13. The lowest BCUT2D eigenvalue weighted by atomic mass is 9.59. The standard InChI is InChI=1S/C12H16FNO/c1-11(2)7-12(8-11,15-3)9-4-5-14-10(13)6-9/h4-6H,7-8H2,1-3H3. The monoisotopic (exact) mass is 209 g/mol. The van der Waals surface area contributed by atoms with Gasteiger partial charge in [-0.1, -0.05) is 13.8 Å². The Labute approximate surface area is 89.5 Å². The van der Waals surface area contributed by atoms with E-state index in [4.69, 9.17) is 4.74 Å². The molecular formula is C12H16FNO. The molecule has 1 aliphatic rings. The minimum atomic E-state index is -0.436. The third-order valence-electron chi connectivity index (χ3n) is 3.17. The van der Waals surface area contributed by atoms with Crippen LogP contribution in [0.5, 0.6) is 0 Å². The average molecular weight is 209 g/mol. The normalized spacial score (nSPS) is 22.1. The molecule has 1 saturated carbocycles. The quantitative estimate of drug-likeness (QED) is 0.699. The van der Waals surface area contributed by atoms with E-state index in [-0.39, 0.29) is 11.0 Å². The molecule has 2 nitrogen and oxygen atoms in total. The second-order valence-electron chi connectivity index (χ2n) is 5.08. The maximum Gasteiger partial charge on any atom is 0.213 e. The molecule has 0 amide bonds. The van der Waals surface area contributed by atoms with E-state index < -0.39 is 5.95 Å². The zero-order valence-electron chi connectivity index (χ0n) is 9.38. The van der Waals surface area contributed by atoms with Gasteiger partial charge in [-0.15, -0.1) is 0 Å². The third-order valence-corrected chi connectivity index (χ3v) is 3.17. The second-order valence-corrected chi connectivity index (χ2v) is 5.08. The summed E-state index contributed by atoms with van der Waals surface area (Å²) in [5.74, 6) is -0.436. The minimum absolute atomic E-state index is 0.287. The van der Waals surface area contributed by atoms with Gasteiger partial charge in [0.2, 0.25) is 5.95 Å². The van der Waals surface area contributed by atoms with Crippen LogP contribution in [-0.2, 0) is 10.3 Å². The van der Waals surface area contributed by atoms with Crippen LogP contribution in [-0.4, -0.2) is 12.1 Å². The first-order valence-electron chi connectivity index (χ1n) is 5.15. The molecule has 0 unspecified atom stereocenters. The molecule has 1 fully saturated rings. The van der Waals surface area contributed by atoms with E-state index in [1.165, 1.54) is 12.3 Å². The molecule has 82 valence electrons. The Bertz CT molecular complexity index is 368. The fourth-order valence-corrected chi connectivity index (χ4v) is 2.65. The first-order chi connectivity index (χ1) is 6.97. The van der Waals surface area contributed by atoms with E-state index in [0.717, 1.165) is 18.4 Å². The van der Waals surface area contributed by atoms with Gasteiger partial charge in [-0.05, 0) is 36.0 Å². The van der Waals surface area contributed by atoms with Crippen LogP contribution in [0, 0.1) is 11.4 Å². The number of ether oxygens (including phenoxy) is 1. The zero-order chi connectivity index (χ0) is 11.1. The van der Waals surface area contributed by atoms with E-state index in [1.807, 2.05) is 6.07 Å². The van der Waals surface area contributed by atoms with Crippen molar-refractivity contribution in [3.05, 3.63) is 29.8 Å². The Morgan fingerprint density at radius 2 is 2.07 bits per heavy atom. The lowest BCUT2D eigenvalue weighted by molar-refractivity contribution is -0.145. The summed E-state index contributed by atoms with van der Waals surface area (Å²) in [4.78, 5) is 3.56. The van der Waals surface area contributed by atoms with Crippen LogP contribution in [0.2, 0.25) is 0 Å². The van der Waals surface area contributed by atoms with Crippen LogP contribution in [0.4, 0.5) is 4.39 Å². The molecule has 1 aliphatic carbocycles. The van der Waals surface area contributed by atoms with E-state index in [1.54, 1.807) is 7.11 Å². The Morgan fingerprint density at radius 3 is 2.53 bits per heavy atom. The van der Waals surface area contributed by atoms with Crippen LogP contribution < -0.4 is 0 Å². The lowest BCUT2D eigenvalue weighted by Gasteiger charge is -2.52. The second kappa shape index (κ2) is 3.27. The van der Waals surface area contributed by atoms with Crippen molar-refractivity contribution in [2.24, 2.45) is 5.41 Å². The largest absolute Gasteiger partial charge is 0.373 e. The predicted octanol–water partition coefficient (Wildman–Crippen LogP) is 2.88. The topological polar surface area (TPSA) is 22.1 Å². The van der Waals surface area contributed by atoms with E-state index in [9.17, 15) is 4.39 Å². The highest BCUT2D eigenvalue weighted by Gasteiger charge is 2.50. The van der Waals surface area contributed by atoms with Gasteiger partial charge in [0.15, 0.2) is 0 Å². The fraction of sp³-hybridized carbons (Fsp3) is 0.583. The summed E-state index contributed by atoms with van der Waals surface area (Å²) in [5.41, 5.74) is 0.889. The van der Waals surface area contributed by atoms with Crippen molar-refractivity contribution in [3.8, 4) is 0 Å². The summed E-state index contributed by atoms with van der Waals surface area (Å²) in [6.45, 7) is 4.39. The lowest BCUT2D eigenvalue weighted by Crippen LogP contribution is -2.47. The maximum absolute atomic E-state index is 13.0. The maximum atomic E-state index is 13.0. The highest BCUT2D eigenvalue weighted by atomic mass is 19.1. The van der Waals surface area contributed by atoms with Gasteiger partial charge < -0.3 is 4.74 Å². The van der Waals surface area contributed by atoms with E-state index >= 15 is 0 Å². The zero-order valence-corrected chi connectivity index (χ0v) is 9.38. The van der Waals surface area contributed by atoms with Crippen molar-refractivity contribution >= 4 is 0 Å². The van der Waals surface area contributed by atoms with Gasteiger partial charge >= 0.3 is 0 Å². The molecule has 15 heavy (non-hydrogen) atoms. The first kappa shape index (κ1) is 10.6. The van der Waals surface area contributed by atoms with Crippen molar-refractivity contribution in [2.75, 3.05) is 7.11 Å². The SMILES string of the molecule is COC1(c2ccnc(F)c2)CC(C)(C)C1. The summed E-state index contributed by atoms with van der Waals surface area (Å²) in [6.07, 6.45) is 3.36. The van der Waals surface area contributed by atoms with Gasteiger partial charge in [-0.3, -0.25) is 0 Å². The molecule has 2 rings (SSSR count). The fourth-order valence-electron chi connectivity index (χ4n) is 2.65. The molecule has 3 heteroatoms. The van der Waals surface area contributed by atoms with Crippen LogP contribution in [0.25, 0.3) is 0 Å². The predicted molar refractivity (Wildman–Crippen MR) is 55.9 cm³/mol. The summed E-state index contributed by atoms with van der Waals surface area (Å²) in [5, 5.41) is 0. The number of aromatic nitrogens is 1. The van der Waals surface area contributed by atoms with Crippen LogP contribution in [0.3, 0.4) is 0 Å². The molecular weight excluding hydrogens is 193 g/mol. The summed E-state index contributed by atoms with van der Waals surface area (Å²) in [7, 11) is 1.69. The Kier molecular flexibility index (Phi) is 2.30. The highest BCUT2D eigenvalue weighted by molar-refractivity contribution is 5.25. The summed E-state index contributed by atoms with van der Waals surface area (Å²) < 4.78 is 18.6. The molecule has 0 aromatic carbocycles. The van der Waals surface area contributed by atoms with E-state index in [0.29, 0.717) is 0 Å². The number of hydrogen-bond acceptors (Lipinski definition) is 2. The number of nitrogens with zero attached hydrogens (tertiary/aromatic N) is 1. The molecule has 0 spiro atoms. The van der Waals surface area contributed by atoms with Crippen molar-refractivity contribution < 1.29 is 9.13 Å². The smallest absolute Gasteiger partial charge is 0.213 e. The molecule has 1 aromatic heterocycles. The van der Waals surface area contributed by atoms with Crippen molar-refractivity contribution in [1.82, 2.24) is 4.98 Å². The van der Waals surface area contributed by atoms with Gasteiger partial charge in [0.1, 0.15) is 0 Å². The van der Waals surface area contributed by atoms with Gasteiger partial charge in [0, 0.05) is 13.3 Å². The summed E-state index contributed by atoms with van der Waals surface area (Å²) in [6, 6.07) is 3.31. The van der Waals surface area contributed by atoms with Gasteiger partial charge in [0.25, 0.3) is 0 Å². The van der Waals surface area contributed by atoms with Gasteiger partial charge in [0.05, 0.1) is 5.60 Å². The Hall–Kier alpha value is -0.960. The number of hydrogen-bond donors (Lipinski definition) is 0. The molecule has 0 radical (unpaired) electrons. The third kappa shape index (κ3) is 1.76. The summed E-state index contributed by atoms with van der Waals surface area (Å²) >= 11 is 0. The number of rotatable bonds is 2. The number of pyridine rings is 1.